The molecule has 0 unspecified atom stereocenters. The first-order valence-electron chi connectivity index (χ1n) is 12.1. The molecule has 0 bridgehead atoms. The second kappa shape index (κ2) is 21.2. The van der Waals surface area contributed by atoms with Crippen molar-refractivity contribution in [2.45, 2.75) is 110 Å². The maximum absolute atomic E-state index is 10.3. The van der Waals surface area contributed by atoms with Crippen LogP contribution in [0, 0.1) is 0 Å². The molecule has 0 saturated heterocycles. The van der Waals surface area contributed by atoms with Gasteiger partial charge >= 0.3 is 5.97 Å². The lowest BCUT2D eigenvalue weighted by atomic mass is 10.0. The van der Waals surface area contributed by atoms with Gasteiger partial charge in [-0.05, 0) is 24.6 Å². The SMILES string of the molecule is CCCCCCCCCCCCCCCCCC(=O)O.COc1cc(C=O)ccc1O. The molecule has 0 aromatic heterocycles. The Hall–Kier alpha value is -2.04. The van der Waals surface area contributed by atoms with Crippen LogP contribution in [-0.2, 0) is 4.79 Å². The average molecular weight is 437 g/mol. The van der Waals surface area contributed by atoms with E-state index >= 15 is 0 Å². The lowest BCUT2D eigenvalue weighted by Crippen LogP contribution is -1.93. The third-order valence-corrected chi connectivity index (χ3v) is 5.33. The van der Waals surface area contributed by atoms with E-state index in [4.69, 9.17) is 14.9 Å². The number of aldehydes is 1. The Morgan fingerprint density at radius 2 is 1.29 bits per heavy atom. The van der Waals surface area contributed by atoms with E-state index in [1.54, 1.807) is 0 Å². The summed E-state index contributed by atoms with van der Waals surface area (Å²) in [6.45, 7) is 2.27. The van der Waals surface area contributed by atoms with Crippen molar-refractivity contribution in [3.05, 3.63) is 23.8 Å². The number of benzene rings is 1. The monoisotopic (exact) mass is 436 g/mol. The van der Waals surface area contributed by atoms with Gasteiger partial charge in [0, 0.05) is 12.0 Å². The van der Waals surface area contributed by atoms with E-state index in [2.05, 4.69) is 6.92 Å². The van der Waals surface area contributed by atoms with Crippen molar-refractivity contribution in [3.8, 4) is 11.5 Å². The number of phenols is 1. The highest BCUT2D eigenvalue weighted by atomic mass is 16.5. The lowest BCUT2D eigenvalue weighted by Gasteiger charge is -2.03. The van der Waals surface area contributed by atoms with Crippen LogP contribution in [0.3, 0.4) is 0 Å². The normalized spacial score (nSPS) is 10.3. The Balaban J connectivity index is 0.000000683. The number of hydrogen-bond donors (Lipinski definition) is 2. The van der Waals surface area contributed by atoms with Gasteiger partial charge < -0.3 is 14.9 Å². The fraction of sp³-hybridized carbons (Fsp3) is 0.692. The molecule has 0 amide bonds. The highest BCUT2D eigenvalue weighted by Crippen LogP contribution is 2.25. The van der Waals surface area contributed by atoms with E-state index in [-0.39, 0.29) is 5.75 Å². The van der Waals surface area contributed by atoms with E-state index < -0.39 is 5.97 Å². The van der Waals surface area contributed by atoms with Crippen molar-refractivity contribution in [1.29, 1.82) is 0 Å². The molecule has 0 heterocycles. The Bertz CT molecular complexity index is 571. The number of carboxylic acids is 1. The standard InChI is InChI=1S/C18H36O2.C8H8O3/c1-2-3-4-5-6-7-8-9-10-11-12-13-14-15-16-17-18(19)20;1-11-8-4-6(5-9)2-3-7(8)10/h2-17H2,1H3,(H,19,20);2-5,10H,1H3. The van der Waals surface area contributed by atoms with Gasteiger partial charge in [-0.1, -0.05) is 96.8 Å². The topological polar surface area (TPSA) is 83.8 Å². The molecule has 0 fully saturated rings. The van der Waals surface area contributed by atoms with Crippen molar-refractivity contribution < 1.29 is 24.5 Å². The predicted molar refractivity (Wildman–Crippen MR) is 127 cm³/mol. The van der Waals surface area contributed by atoms with Gasteiger partial charge in [0.25, 0.3) is 0 Å². The number of carbonyl (C=O) groups is 2. The van der Waals surface area contributed by atoms with Gasteiger partial charge in [-0.15, -0.1) is 0 Å². The van der Waals surface area contributed by atoms with Gasteiger partial charge in [0.15, 0.2) is 11.5 Å². The number of hydrogen-bond acceptors (Lipinski definition) is 4. The minimum atomic E-state index is -0.653. The number of ether oxygens (including phenoxy) is 1. The van der Waals surface area contributed by atoms with Crippen LogP contribution in [0.4, 0.5) is 0 Å². The van der Waals surface area contributed by atoms with Gasteiger partial charge in [0.05, 0.1) is 7.11 Å². The second-order valence-corrected chi connectivity index (χ2v) is 8.14. The number of unbranched alkanes of at least 4 members (excludes halogenated alkanes) is 14. The van der Waals surface area contributed by atoms with E-state index in [0.29, 0.717) is 24.0 Å². The number of methoxy groups -OCH3 is 1. The van der Waals surface area contributed by atoms with Crippen LogP contribution in [0.25, 0.3) is 0 Å². The molecule has 0 saturated carbocycles. The molecule has 0 radical (unpaired) electrons. The molecule has 2 N–H and O–H groups in total. The van der Waals surface area contributed by atoms with Gasteiger partial charge in [-0.25, -0.2) is 0 Å². The maximum Gasteiger partial charge on any atom is 0.303 e. The number of carboxylic acid groups (broad SMARTS) is 1. The summed E-state index contributed by atoms with van der Waals surface area (Å²) in [5.74, 6) is -0.299. The summed E-state index contributed by atoms with van der Waals surface area (Å²) in [7, 11) is 1.43. The Morgan fingerprint density at radius 3 is 1.68 bits per heavy atom. The number of aromatic hydroxyl groups is 1. The number of phenolic OH excluding ortho intramolecular Hbond substituents is 1. The number of aliphatic carboxylic acids is 1. The molecule has 0 spiro atoms. The van der Waals surface area contributed by atoms with E-state index in [1.165, 1.54) is 109 Å². The molecule has 0 aliphatic carbocycles. The molecule has 0 aliphatic rings. The van der Waals surface area contributed by atoms with Gasteiger partial charge in [-0.3, -0.25) is 9.59 Å². The summed E-state index contributed by atoms with van der Waals surface area (Å²) in [5, 5.41) is 17.6. The largest absolute Gasteiger partial charge is 0.504 e. The smallest absolute Gasteiger partial charge is 0.303 e. The van der Waals surface area contributed by atoms with Crippen molar-refractivity contribution >= 4 is 12.3 Å². The minimum Gasteiger partial charge on any atom is -0.504 e. The van der Waals surface area contributed by atoms with E-state index in [0.717, 1.165) is 12.8 Å². The first-order valence-corrected chi connectivity index (χ1v) is 12.1. The molecule has 5 nitrogen and oxygen atoms in total. The lowest BCUT2D eigenvalue weighted by molar-refractivity contribution is -0.137. The highest BCUT2D eigenvalue weighted by Gasteiger charge is 2.00. The molecule has 0 atom stereocenters. The molecule has 1 rings (SSSR count). The fourth-order valence-electron chi connectivity index (χ4n) is 3.42. The fourth-order valence-corrected chi connectivity index (χ4v) is 3.42. The minimum absolute atomic E-state index is 0.0399. The van der Waals surface area contributed by atoms with Crippen molar-refractivity contribution in [1.82, 2.24) is 0 Å². The van der Waals surface area contributed by atoms with Gasteiger partial charge in [-0.2, -0.15) is 0 Å². The third-order valence-electron chi connectivity index (χ3n) is 5.33. The van der Waals surface area contributed by atoms with E-state index in [1.807, 2.05) is 0 Å². The molecular formula is C26H44O5. The van der Waals surface area contributed by atoms with Crippen molar-refractivity contribution in [2.24, 2.45) is 0 Å². The number of rotatable bonds is 18. The predicted octanol–water partition coefficient (Wildman–Crippen LogP) is 7.55. The average Bonchev–Trinajstić information content (AvgIpc) is 2.77. The maximum atomic E-state index is 10.3. The molecule has 5 heteroatoms. The van der Waals surface area contributed by atoms with Gasteiger partial charge in [0.1, 0.15) is 6.29 Å². The summed E-state index contributed by atoms with van der Waals surface area (Å²) in [4.78, 5) is 20.6. The molecule has 31 heavy (non-hydrogen) atoms. The van der Waals surface area contributed by atoms with E-state index in [9.17, 15) is 9.59 Å². The Kier molecular flexibility index (Phi) is 19.8. The summed E-state index contributed by atoms with van der Waals surface area (Å²) in [5.41, 5.74) is 0.486. The van der Waals surface area contributed by atoms with Crippen LogP contribution in [0.2, 0.25) is 0 Å². The number of carbonyl (C=O) groups excluding carboxylic acids is 1. The molecule has 0 aliphatic heterocycles. The van der Waals surface area contributed by atoms with Crippen molar-refractivity contribution in [2.75, 3.05) is 7.11 Å². The Morgan fingerprint density at radius 1 is 0.839 bits per heavy atom. The first kappa shape index (κ1) is 29.0. The summed E-state index contributed by atoms with van der Waals surface area (Å²) >= 11 is 0. The third kappa shape index (κ3) is 18.4. The van der Waals surface area contributed by atoms with Crippen LogP contribution in [0.15, 0.2) is 18.2 Å². The quantitative estimate of drug-likeness (QED) is 0.183. The zero-order valence-electron chi connectivity index (χ0n) is 19.7. The molecule has 1 aromatic carbocycles. The van der Waals surface area contributed by atoms with Crippen LogP contribution < -0.4 is 4.74 Å². The van der Waals surface area contributed by atoms with Crippen LogP contribution in [0.1, 0.15) is 120 Å². The molecular weight excluding hydrogens is 392 g/mol. The molecule has 178 valence electrons. The Labute approximate surface area is 189 Å². The zero-order chi connectivity index (χ0) is 23.2. The zero-order valence-corrected chi connectivity index (χ0v) is 19.7. The summed E-state index contributed by atoms with van der Waals surface area (Å²) in [6, 6.07) is 4.41. The highest BCUT2D eigenvalue weighted by molar-refractivity contribution is 5.76. The second-order valence-electron chi connectivity index (χ2n) is 8.14. The molecule has 1 aromatic rings. The summed E-state index contributed by atoms with van der Waals surface area (Å²) < 4.78 is 4.78. The van der Waals surface area contributed by atoms with Crippen LogP contribution >= 0.6 is 0 Å². The van der Waals surface area contributed by atoms with Gasteiger partial charge in [0.2, 0.25) is 0 Å². The van der Waals surface area contributed by atoms with Crippen molar-refractivity contribution in [3.63, 3.8) is 0 Å². The van der Waals surface area contributed by atoms with Crippen LogP contribution in [0.5, 0.6) is 11.5 Å². The first-order chi connectivity index (χ1) is 15.0. The van der Waals surface area contributed by atoms with Crippen LogP contribution in [-0.4, -0.2) is 29.6 Å². The summed E-state index contributed by atoms with van der Waals surface area (Å²) in [6.07, 6.45) is 20.9.